The molecular formula is C22H21FN9O5S2+. The number of thiazole rings is 1. The summed E-state index contributed by atoms with van der Waals surface area (Å²) < 4.78 is 16.0. The zero-order chi connectivity index (χ0) is 27.7. The minimum atomic E-state index is -1.28. The number of amides is 2. The molecule has 202 valence electrons. The molecule has 6 N–H and O–H groups in total. The van der Waals surface area contributed by atoms with E-state index in [0.29, 0.717) is 17.9 Å². The molecule has 17 heteroatoms. The quantitative estimate of drug-likeness (QED) is 0.116. The first-order chi connectivity index (χ1) is 18.8. The molecule has 1 fully saturated rings. The van der Waals surface area contributed by atoms with Crippen LogP contribution in [0.25, 0.3) is 5.65 Å². The number of β-lactam (4-membered cyclic amide) rings is 1. The van der Waals surface area contributed by atoms with Crippen LogP contribution in [-0.2, 0) is 25.8 Å². The predicted octanol–water partition coefficient (Wildman–Crippen LogP) is -0.115. The Morgan fingerprint density at radius 2 is 2.21 bits per heavy atom. The third kappa shape index (κ3) is 4.88. The van der Waals surface area contributed by atoms with Crippen LogP contribution in [-0.4, -0.2) is 72.1 Å². The zero-order valence-corrected chi connectivity index (χ0v) is 21.6. The number of oxime groups is 1. The number of thioether (sulfide) groups is 1. The maximum absolute atomic E-state index is 13.0. The molecule has 0 spiro atoms. The number of anilines is 2. The molecule has 3 aromatic heterocycles. The van der Waals surface area contributed by atoms with Crippen LogP contribution >= 0.6 is 23.1 Å². The lowest BCUT2D eigenvalue weighted by molar-refractivity contribution is -0.664. The molecule has 0 bridgehead atoms. The number of allylic oxidation sites excluding steroid dienone is 2. The largest absolute Gasteiger partial charge is 0.477 e. The van der Waals surface area contributed by atoms with Crippen molar-refractivity contribution in [3.63, 3.8) is 0 Å². The van der Waals surface area contributed by atoms with Crippen LogP contribution in [0.5, 0.6) is 0 Å². The molecule has 2 aliphatic rings. The Kier molecular flexibility index (Phi) is 7.16. The van der Waals surface area contributed by atoms with E-state index in [4.69, 9.17) is 11.5 Å². The fourth-order valence-corrected chi connectivity index (χ4v) is 6.03. The number of carboxylic acid groups (broad SMARTS) is 1. The van der Waals surface area contributed by atoms with Crippen molar-refractivity contribution in [2.75, 3.05) is 24.1 Å². The van der Waals surface area contributed by atoms with E-state index in [9.17, 15) is 23.9 Å². The van der Waals surface area contributed by atoms with E-state index in [-0.39, 0.29) is 28.0 Å². The molecule has 14 nitrogen and oxygen atoms in total. The lowest BCUT2D eigenvalue weighted by Gasteiger charge is -2.49. The van der Waals surface area contributed by atoms with Crippen molar-refractivity contribution in [3.05, 3.63) is 59.0 Å². The SMILES string of the molecule is Nc1nc(C(=NOCF)C(=O)N[C@@H]2C(=O)N3C(C(=O)O)=C(/C=C/C[n+]4ccc(N)n5nccc54)CS[C@@H]23)cs1. The molecule has 0 unspecified atom stereocenters. The summed E-state index contributed by atoms with van der Waals surface area (Å²) in [6.07, 6.45) is 6.85. The lowest BCUT2D eigenvalue weighted by Crippen LogP contribution is -2.71. The van der Waals surface area contributed by atoms with E-state index in [1.54, 1.807) is 41.2 Å². The molecule has 5 rings (SSSR count). The standard InChI is InChI=1S/C22H20FN9O5S2/c23-10-37-29-15(12-9-39-22(25)27-12)18(33)28-16-19(34)31-17(21(35)36)11(8-38-20(16)31)2-1-6-30-7-4-13(24)32-14(30)3-5-26-32/h1-5,7,9,16,20,24H,6,8,10H2,(H4,25,27,28,33,35,36)/p+1/b2-1+,29-15?/t16-,20+/m1/s1. The fourth-order valence-electron chi connectivity index (χ4n) is 4.16. The minimum Gasteiger partial charge on any atom is -0.477 e. The molecule has 39 heavy (non-hydrogen) atoms. The van der Waals surface area contributed by atoms with Gasteiger partial charge in [0.2, 0.25) is 5.82 Å². The molecule has 0 aliphatic carbocycles. The average molecular weight is 575 g/mol. The van der Waals surface area contributed by atoms with E-state index < -0.39 is 36.1 Å². The smallest absolute Gasteiger partial charge is 0.352 e. The second kappa shape index (κ2) is 10.7. The number of carbonyl (C=O) groups is 3. The second-order valence-electron chi connectivity index (χ2n) is 8.19. The Morgan fingerprint density at radius 1 is 1.38 bits per heavy atom. The highest BCUT2D eigenvalue weighted by Crippen LogP contribution is 2.40. The third-order valence-corrected chi connectivity index (χ3v) is 7.86. The summed E-state index contributed by atoms with van der Waals surface area (Å²) in [5.74, 6) is -1.97. The van der Waals surface area contributed by atoms with Gasteiger partial charge in [-0.05, 0) is 11.6 Å². The average Bonchev–Trinajstić information content (AvgIpc) is 3.58. The number of carboxylic acids is 1. The summed E-state index contributed by atoms with van der Waals surface area (Å²) >= 11 is 2.33. The summed E-state index contributed by atoms with van der Waals surface area (Å²) in [6.45, 7) is -0.880. The van der Waals surface area contributed by atoms with Crippen LogP contribution < -0.4 is 21.4 Å². The number of nitrogens with two attached hydrogens (primary N) is 2. The number of alkyl halides is 1. The number of aliphatic carboxylic acids is 1. The van der Waals surface area contributed by atoms with Crippen LogP contribution in [0.2, 0.25) is 0 Å². The van der Waals surface area contributed by atoms with Gasteiger partial charge in [-0.2, -0.15) is 0 Å². The van der Waals surface area contributed by atoms with Gasteiger partial charge in [0.1, 0.15) is 29.4 Å². The topological polar surface area (TPSA) is 194 Å². The van der Waals surface area contributed by atoms with Crippen molar-refractivity contribution in [2.24, 2.45) is 5.16 Å². The van der Waals surface area contributed by atoms with Gasteiger partial charge in [0, 0.05) is 17.2 Å². The van der Waals surface area contributed by atoms with E-state index in [0.717, 1.165) is 21.9 Å². The van der Waals surface area contributed by atoms with Crippen molar-refractivity contribution < 1.29 is 33.3 Å². The highest BCUT2D eigenvalue weighted by Gasteiger charge is 2.54. The number of nitrogen functional groups attached to an aromatic ring is 2. The van der Waals surface area contributed by atoms with Gasteiger partial charge in [-0.15, -0.1) is 23.1 Å². The number of nitrogens with one attached hydrogen (secondary N) is 1. The van der Waals surface area contributed by atoms with E-state index in [1.807, 2.05) is 4.57 Å². The lowest BCUT2D eigenvalue weighted by atomic mass is 10.0. The normalized spacial score (nSPS) is 19.4. The van der Waals surface area contributed by atoms with Crippen molar-refractivity contribution in [1.82, 2.24) is 24.8 Å². The van der Waals surface area contributed by atoms with Crippen LogP contribution in [0.15, 0.2) is 58.5 Å². The number of hydrogen-bond acceptors (Lipinski definition) is 11. The molecule has 2 atom stereocenters. The van der Waals surface area contributed by atoms with Crippen LogP contribution in [0.1, 0.15) is 5.69 Å². The predicted molar refractivity (Wildman–Crippen MR) is 139 cm³/mol. The first kappa shape index (κ1) is 26.1. The zero-order valence-electron chi connectivity index (χ0n) is 19.9. The Morgan fingerprint density at radius 3 is 2.92 bits per heavy atom. The Bertz CT molecular complexity index is 1570. The maximum Gasteiger partial charge on any atom is 0.352 e. The summed E-state index contributed by atoms with van der Waals surface area (Å²) in [6, 6.07) is 2.46. The van der Waals surface area contributed by atoms with Gasteiger partial charge < -0.3 is 26.7 Å². The number of rotatable bonds is 9. The summed E-state index contributed by atoms with van der Waals surface area (Å²) in [4.78, 5) is 47.5. The molecule has 0 aromatic carbocycles. The van der Waals surface area contributed by atoms with E-state index in [2.05, 4.69) is 25.4 Å². The number of halogens is 1. The third-order valence-electron chi connectivity index (χ3n) is 5.88. The van der Waals surface area contributed by atoms with Crippen LogP contribution in [0, 0.1) is 0 Å². The van der Waals surface area contributed by atoms with Gasteiger partial charge >= 0.3 is 11.6 Å². The molecule has 1 saturated heterocycles. The second-order valence-corrected chi connectivity index (χ2v) is 10.2. The van der Waals surface area contributed by atoms with Gasteiger partial charge in [0.15, 0.2) is 10.8 Å². The van der Waals surface area contributed by atoms with Crippen LogP contribution in [0.4, 0.5) is 15.3 Å². The molecule has 3 aromatic rings. The number of carbonyl (C=O) groups excluding carboxylic acids is 2. The Balaban J connectivity index is 1.32. The van der Waals surface area contributed by atoms with E-state index >= 15 is 0 Å². The Hall–Kier alpha value is -4.51. The van der Waals surface area contributed by atoms with Gasteiger partial charge in [-0.3, -0.25) is 14.5 Å². The van der Waals surface area contributed by atoms with Crippen molar-refractivity contribution in [3.8, 4) is 0 Å². The highest BCUT2D eigenvalue weighted by molar-refractivity contribution is 8.00. The Labute approximate surface area is 227 Å². The number of nitrogens with zero attached hydrogens (tertiary/aromatic N) is 6. The molecule has 2 aliphatic heterocycles. The fraction of sp³-hybridized carbons (Fsp3) is 0.227. The van der Waals surface area contributed by atoms with Gasteiger partial charge in [0.05, 0.1) is 18.5 Å². The summed E-state index contributed by atoms with van der Waals surface area (Å²) in [7, 11) is 0. The van der Waals surface area contributed by atoms with Gasteiger partial charge in [-0.1, -0.05) is 20.8 Å². The minimum absolute atomic E-state index is 0.0501. The number of fused-ring (bicyclic) bond motifs is 2. The molecular weight excluding hydrogens is 553 g/mol. The van der Waals surface area contributed by atoms with Crippen molar-refractivity contribution >= 4 is 63.2 Å². The molecule has 0 radical (unpaired) electrons. The highest BCUT2D eigenvalue weighted by atomic mass is 32.2. The number of hydrogen-bond donors (Lipinski definition) is 4. The summed E-state index contributed by atoms with van der Waals surface area (Å²) in [5.41, 5.74) is 12.2. The number of aromatic nitrogens is 4. The first-order valence-electron chi connectivity index (χ1n) is 11.3. The van der Waals surface area contributed by atoms with Gasteiger partial charge in [-0.25, -0.2) is 18.7 Å². The first-order valence-corrected chi connectivity index (χ1v) is 13.2. The molecule has 5 heterocycles. The van der Waals surface area contributed by atoms with Crippen molar-refractivity contribution in [2.45, 2.75) is 18.0 Å². The van der Waals surface area contributed by atoms with Crippen LogP contribution in [0.3, 0.4) is 0 Å². The maximum atomic E-state index is 13.0. The summed E-state index contributed by atoms with van der Waals surface area (Å²) in [5, 5.41) is 21.0. The molecule has 0 saturated carbocycles. The van der Waals surface area contributed by atoms with Gasteiger partial charge in [0.25, 0.3) is 18.7 Å². The van der Waals surface area contributed by atoms with Crippen molar-refractivity contribution in [1.29, 1.82) is 0 Å². The van der Waals surface area contributed by atoms with E-state index in [1.165, 1.54) is 17.1 Å². The monoisotopic (exact) mass is 574 g/mol. The molecule has 2 amide bonds.